The summed E-state index contributed by atoms with van der Waals surface area (Å²) in [6.07, 6.45) is 8.73. The topological polar surface area (TPSA) is 15.3 Å². The minimum Gasteiger partial charge on any atom is -0.371 e. The van der Waals surface area contributed by atoms with Gasteiger partial charge in [-0.05, 0) is 67.8 Å². The Kier molecular flexibility index (Phi) is 4.54. The number of anilines is 1. The van der Waals surface area contributed by atoms with Crippen molar-refractivity contribution in [1.29, 1.82) is 0 Å². The van der Waals surface area contributed by atoms with E-state index in [0.29, 0.717) is 0 Å². The van der Waals surface area contributed by atoms with Crippen LogP contribution in [-0.4, -0.2) is 19.6 Å². The largest absolute Gasteiger partial charge is 0.371 e. The number of benzene rings is 1. The van der Waals surface area contributed by atoms with E-state index < -0.39 is 0 Å². The lowest BCUT2D eigenvalue weighted by molar-refractivity contribution is 0.226. The monoisotopic (exact) mass is 286 g/mol. The summed E-state index contributed by atoms with van der Waals surface area (Å²) in [6, 6.07) is 7.03. The summed E-state index contributed by atoms with van der Waals surface area (Å²) < 4.78 is 0. The number of hydrogen-bond acceptors (Lipinski definition) is 2. The van der Waals surface area contributed by atoms with Crippen LogP contribution in [0.3, 0.4) is 0 Å². The highest BCUT2D eigenvalue weighted by Gasteiger charge is 2.36. The molecule has 0 unspecified atom stereocenters. The summed E-state index contributed by atoms with van der Waals surface area (Å²) in [6.45, 7) is 8.95. The third kappa shape index (κ3) is 3.26. The molecule has 1 N–H and O–H groups in total. The Bertz CT molecular complexity index is 464. The number of hydrogen-bond donors (Lipinski definition) is 1. The van der Waals surface area contributed by atoms with Crippen LogP contribution in [0.5, 0.6) is 0 Å². The number of piperidine rings is 1. The minimum atomic E-state index is 0.719. The number of nitrogens with one attached hydrogen (secondary N) is 1. The van der Waals surface area contributed by atoms with E-state index in [2.05, 4.69) is 42.3 Å². The molecular weight excluding hydrogens is 256 g/mol. The van der Waals surface area contributed by atoms with Crippen molar-refractivity contribution in [2.45, 2.75) is 58.9 Å². The van der Waals surface area contributed by atoms with E-state index in [0.717, 1.165) is 18.5 Å². The van der Waals surface area contributed by atoms with Gasteiger partial charge in [-0.25, -0.2) is 0 Å². The lowest BCUT2D eigenvalue weighted by Crippen LogP contribution is -2.38. The number of aryl methyl sites for hydroxylation is 1. The van der Waals surface area contributed by atoms with E-state index in [1.54, 1.807) is 0 Å². The van der Waals surface area contributed by atoms with Gasteiger partial charge in [-0.3, -0.25) is 0 Å². The van der Waals surface area contributed by atoms with Gasteiger partial charge in [0.15, 0.2) is 0 Å². The Morgan fingerprint density at radius 2 is 1.81 bits per heavy atom. The molecule has 0 radical (unpaired) electrons. The van der Waals surface area contributed by atoms with Crippen LogP contribution in [0.2, 0.25) is 0 Å². The number of rotatable bonds is 4. The van der Waals surface area contributed by atoms with Crippen molar-refractivity contribution in [3.8, 4) is 0 Å². The molecule has 2 heteroatoms. The highest BCUT2D eigenvalue weighted by atomic mass is 15.1. The van der Waals surface area contributed by atoms with Gasteiger partial charge < -0.3 is 10.2 Å². The summed E-state index contributed by atoms with van der Waals surface area (Å²) in [5.74, 6) is 0. The maximum atomic E-state index is 3.42. The van der Waals surface area contributed by atoms with E-state index in [-0.39, 0.29) is 0 Å². The van der Waals surface area contributed by atoms with E-state index >= 15 is 0 Å². The van der Waals surface area contributed by atoms with Crippen molar-refractivity contribution in [3.05, 3.63) is 29.3 Å². The standard InChI is InChI=1S/C19H30N2/c1-3-20-15-17-6-7-18(14-16(17)2)21-12-10-19(11-13-21)8-4-5-9-19/h6-7,14,20H,3-5,8-13,15H2,1-2H3. The van der Waals surface area contributed by atoms with E-state index in [4.69, 9.17) is 0 Å². The summed E-state index contributed by atoms with van der Waals surface area (Å²) in [4.78, 5) is 2.60. The van der Waals surface area contributed by atoms with Crippen molar-refractivity contribution in [3.63, 3.8) is 0 Å². The first-order valence-corrected chi connectivity index (χ1v) is 8.78. The highest BCUT2D eigenvalue weighted by molar-refractivity contribution is 5.51. The van der Waals surface area contributed by atoms with Gasteiger partial charge in [0, 0.05) is 25.3 Å². The molecule has 116 valence electrons. The van der Waals surface area contributed by atoms with Crippen LogP contribution in [0.25, 0.3) is 0 Å². The van der Waals surface area contributed by atoms with Gasteiger partial charge in [-0.2, -0.15) is 0 Å². The van der Waals surface area contributed by atoms with E-state index in [1.807, 2.05) is 0 Å². The SMILES string of the molecule is CCNCc1ccc(N2CCC3(CCCC3)CC2)cc1C. The zero-order chi connectivity index (χ0) is 14.7. The van der Waals surface area contributed by atoms with Crippen LogP contribution in [-0.2, 0) is 6.54 Å². The fourth-order valence-corrected chi connectivity index (χ4v) is 4.20. The summed E-state index contributed by atoms with van der Waals surface area (Å²) in [5, 5.41) is 3.42. The third-order valence-corrected chi connectivity index (χ3v) is 5.75. The molecule has 0 amide bonds. The average molecular weight is 286 g/mol. The van der Waals surface area contributed by atoms with Crippen molar-refractivity contribution in [2.75, 3.05) is 24.5 Å². The molecule has 2 nitrogen and oxygen atoms in total. The fraction of sp³-hybridized carbons (Fsp3) is 0.684. The highest BCUT2D eigenvalue weighted by Crippen LogP contribution is 2.46. The zero-order valence-corrected chi connectivity index (χ0v) is 13.8. The van der Waals surface area contributed by atoms with Crippen LogP contribution >= 0.6 is 0 Å². The molecule has 1 saturated carbocycles. The first-order valence-electron chi connectivity index (χ1n) is 8.78. The molecule has 1 aromatic rings. The molecule has 3 rings (SSSR count). The molecule has 0 atom stereocenters. The quantitative estimate of drug-likeness (QED) is 0.889. The zero-order valence-electron chi connectivity index (χ0n) is 13.8. The van der Waals surface area contributed by atoms with Gasteiger partial charge in [0.25, 0.3) is 0 Å². The lowest BCUT2D eigenvalue weighted by Gasteiger charge is -2.40. The van der Waals surface area contributed by atoms with Crippen LogP contribution in [0.1, 0.15) is 56.6 Å². The Hall–Kier alpha value is -1.02. The molecule has 1 spiro atoms. The Labute approximate surface area is 129 Å². The molecule has 1 aromatic carbocycles. The summed E-state index contributed by atoms with van der Waals surface area (Å²) in [7, 11) is 0. The van der Waals surface area contributed by atoms with Crippen LogP contribution in [0.15, 0.2) is 18.2 Å². The molecule has 1 aliphatic carbocycles. The smallest absolute Gasteiger partial charge is 0.0369 e. The van der Waals surface area contributed by atoms with Gasteiger partial charge in [0.2, 0.25) is 0 Å². The number of nitrogens with zero attached hydrogens (tertiary/aromatic N) is 1. The van der Waals surface area contributed by atoms with Crippen molar-refractivity contribution in [2.24, 2.45) is 5.41 Å². The molecule has 0 bridgehead atoms. The molecule has 2 fully saturated rings. The van der Waals surface area contributed by atoms with Gasteiger partial charge >= 0.3 is 0 Å². The van der Waals surface area contributed by atoms with Crippen molar-refractivity contribution < 1.29 is 0 Å². The summed E-state index contributed by atoms with van der Waals surface area (Å²) in [5.41, 5.74) is 5.01. The Morgan fingerprint density at radius 3 is 2.43 bits per heavy atom. The molecule has 1 saturated heterocycles. The molecule has 0 aromatic heterocycles. The second-order valence-electron chi connectivity index (χ2n) is 7.09. The predicted molar refractivity (Wildman–Crippen MR) is 90.9 cm³/mol. The van der Waals surface area contributed by atoms with Gasteiger partial charge in [-0.15, -0.1) is 0 Å². The van der Waals surface area contributed by atoms with Crippen molar-refractivity contribution in [1.82, 2.24) is 5.32 Å². The van der Waals surface area contributed by atoms with Crippen LogP contribution < -0.4 is 10.2 Å². The van der Waals surface area contributed by atoms with Gasteiger partial charge in [-0.1, -0.05) is 25.8 Å². The molecule has 1 aliphatic heterocycles. The molecule has 1 heterocycles. The first kappa shape index (κ1) is 14.9. The lowest BCUT2D eigenvalue weighted by atomic mass is 9.77. The fourth-order valence-electron chi connectivity index (χ4n) is 4.20. The second kappa shape index (κ2) is 6.39. The Morgan fingerprint density at radius 1 is 1.10 bits per heavy atom. The minimum absolute atomic E-state index is 0.719. The molecular formula is C19H30N2. The Balaban J connectivity index is 1.63. The average Bonchev–Trinajstić information content (AvgIpc) is 2.95. The van der Waals surface area contributed by atoms with Gasteiger partial charge in [0.05, 0.1) is 0 Å². The molecule has 21 heavy (non-hydrogen) atoms. The normalized spacial score (nSPS) is 21.1. The summed E-state index contributed by atoms with van der Waals surface area (Å²) >= 11 is 0. The van der Waals surface area contributed by atoms with E-state index in [9.17, 15) is 0 Å². The van der Waals surface area contributed by atoms with Crippen LogP contribution in [0.4, 0.5) is 5.69 Å². The third-order valence-electron chi connectivity index (χ3n) is 5.75. The van der Waals surface area contributed by atoms with E-state index in [1.165, 1.54) is 68.4 Å². The second-order valence-corrected chi connectivity index (χ2v) is 7.09. The van der Waals surface area contributed by atoms with Crippen molar-refractivity contribution >= 4 is 5.69 Å². The van der Waals surface area contributed by atoms with Gasteiger partial charge in [0.1, 0.15) is 0 Å². The molecule has 2 aliphatic rings. The first-order chi connectivity index (χ1) is 10.2. The predicted octanol–water partition coefficient (Wildman–Crippen LogP) is 4.27. The maximum Gasteiger partial charge on any atom is 0.0369 e. The van der Waals surface area contributed by atoms with Crippen LogP contribution in [0, 0.1) is 12.3 Å². The maximum absolute atomic E-state index is 3.42.